The molecule has 0 heterocycles. The van der Waals surface area contributed by atoms with Crippen molar-refractivity contribution in [2.24, 2.45) is 5.73 Å². The molecule has 1 rings (SSSR count). The first-order valence-corrected chi connectivity index (χ1v) is 4.76. The molecule has 2 nitrogen and oxygen atoms in total. The van der Waals surface area contributed by atoms with E-state index >= 15 is 0 Å². The standard InChI is InChI=1S/C9H11BrFNO/c10-6-1-2-8(11)7(5-6)9(12)3-4-13/h1-2,5,9,13H,3-4,12H2/t9-/m0/s1. The molecule has 0 saturated heterocycles. The number of nitrogens with two attached hydrogens (primary N) is 1. The first kappa shape index (κ1) is 10.6. The molecule has 0 saturated carbocycles. The third kappa shape index (κ3) is 2.76. The van der Waals surface area contributed by atoms with Crippen LogP contribution in [0.3, 0.4) is 0 Å². The quantitative estimate of drug-likeness (QED) is 0.858. The van der Waals surface area contributed by atoms with E-state index in [1.54, 1.807) is 12.1 Å². The van der Waals surface area contributed by atoms with Crippen molar-refractivity contribution in [2.75, 3.05) is 6.61 Å². The molecule has 1 aromatic rings. The first-order valence-electron chi connectivity index (χ1n) is 3.96. The van der Waals surface area contributed by atoms with Gasteiger partial charge < -0.3 is 10.8 Å². The Morgan fingerprint density at radius 2 is 2.23 bits per heavy atom. The third-order valence-corrected chi connectivity index (χ3v) is 2.29. The molecule has 72 valence electrons. The highest BCUT2D eigenvalue weighted by molar-refractivity contribution is 9.10. The van der Waals surface area contributed by atoms with Crippen molar-refractivity contribution in [2.45, 2.75) is 12.5 Å². The minimum Gasteiger partial charge on any atom is -0.396 e. The van der Waals surface area contributed by atoms with E-state index in [0.29, 0.717) is 12.0 Å². The topological polar surface area (TPSA) is 46.2 Å². The molecule has 0 aliphatic heterocycles. The maximum Gasteiger partial charge on any atom is 0.128 e. The first-order chi connectivity index (χ1) is 6.15. The average Bonchev–Trinajstić information content (AvgIpc) is 2.09. The fraction of sp³-hybridized carbons (Fsp3) is 0.333. The lowest BCUT2D eigenvalue weighted by Gasteiger charge is -2.11. The summed E-state index contributed by atoms with van der Waals surface area (Å²) in [5.41, 5.74) is 6.09. The van der Waals surface area contributed by atoms with Crippen LogP contribution in [0.1, 0.15) is 18.0 Å². The second-order valence-electron chi connectivity index (χ2n) is 2.78. The summed E-state index contributed by atoms with van der Waals surface area (Å²) in [5.74, 6) is -0.329. The Morgan fingerprint density at radius 1 is 1.54 bits per heavy atom. The molecule has 0 radical (unpaired) electrons. The molecule has 13 heavy (non-hydrogen) atoms. The Labute approximate surface area is 84.7 Å². The molecule has 0 aliphatic carbocycles. The van der Waals surface area contributed by atoms with Crippen LogP contribution in [-0.4, -0.2) is 11.7 Å². The Balaban J connectivity index is 2.91. The SMILES string of the molecule is N[C@@H](CCO)c1cc(Br)ccc1F. The van der Waals surface area contributed by atoms with Gasteiger partial charge >= 0.3 is 0 Å². The van der Waals surface area contributed by atoms with Gasteiger partial charge in [0, 0.05) is 22.7 Å². The maximum atomic E-state index is 13.2. The van der Waals surface area contributed by atoms with Gasteiger partial charge in [0.1, 0.15) is 5.82 Å². The number of rotatable bonds is 3. The molecule has 4 heteroatoms. The van der Waals surface area contributed by atoms with Crippen LogP contribution in [0.25, 0.3) is 0 Å². The van der Waals surface area contributed by atoms with Crippen LogP contribution in [0.2, 0.25) is 0 Å². The Bertz CT molecular complexity index is 293. The van der Waals surface area contributed by atoms with Crippen LogP contribution in [0.15, 0.2) is 22.7 Å². The summed E-state index contributed by atoms with van der Waals surface area (Å²) in [6.45, 7) is -0.0346. The van der Waals surface area contributed by atoms with E-state index in [1.807, 2.05) is 0 Å². The smallest absolute Gasteiger partial charge is 0.128 e. The van der Waals surface area contributed by atoms with E-state index in [9.17, 15) is 4.39 Å². The zero-order valence-corrected chi connectivity index (χ0v) is 8.59. The molecule has 1 atom stereocenters. The van der Waals surface area contributed by atoms with Crippen LogP contribution in [-0.2, 0) is 0 Å². The van der Waals surface area contributed by atoms with E-state index in [4.69, 9.17) is 10.8 Å². The number of aliphatic hydroxyl groups excluding tert-OH is 1. The van der Waals surface area contributed by atoms with E-state index in [-0.39, 0.29) is 12.4 Å². The molecule has 1 aromatic carbocycles. The highest BCUT2D eigenvalue weighted by atomic mass is 79.9. The van der Waals surface area contributed by atoms with Crippen LogP contribution < -0.4 is 5.73 Å². The summed E-state index contributed by atoms with van der Waals surface area (Å²) in [4.78, 5) is 0. The predicted octanol–water partition coefficient (Wildman–Crippen LogP) is 1.97. The summed E-state index contributed by atoms with van der Waals surface area (Å²) >= 11 is 3.23. The van der Waals surface area contributed by atoms with Gasteiger partial charge in [-0.2, -0.15) is 0 Å². The van der Waals surface area contributed by atoms with Gasteiger partial charge in [-0.25, -0.2) is 4.39 Å². The van der Waals surface area contributed by atoms with Crippen LogP contribution >= 0.6 is 15.9 Å². The molecule has 0 amide bonds. The third-order valence-electron chi connectivity index (χ3n) is 1.80. The number of aliphatic hydroxyl groups is 1. The zero-order chi connectivity index (χ0) is 9.84. The van der Waals surface area contributed by atoms with E-state index < -0.39 is 6.04 Å². The lowest BCUT2D eigenvalue weighted by atomic mass is 10.0. The van der Waals surface area contributed by atoms with Crippen molar-refractivity contribution in [3.63, 3.8) is 0 Å². The average molecular weight is 248 g/mol. The van der Waals surface area contributed by atoms with Gasteiger partial charge in [0.05, 0.1) is 0 Å². The molecule has 0 unspecified atom stereocenters. The Morgan fingerprint density at radius 3 is 2.85 bits per heavy atom. The minimum atomic E-state index is -0.442. The van der Waals surface area contributed by atoms with Crippen molar-refractivity contribution in [1.29, 1.82) is 0 Å². The minimum absolute atomic E-state index is 0.0346. The van der Waals surface area contributed by atoms with E-state index in [1.165, 1.54) is 6.07 Å². The fourth-order valence-electron chi connectivity index (χ4n) is 1.09. The van der Waals surface area contributed by atoms with Crippen molar-refractivity contribution >= 4 is 15.9 Å². The summed E-state index contributed by atoms with van der Waals surface area (Å²) < 4.78 is 14.0. The normalized spacial score (nSPS) is 12.9. The van der Waals surface area contributed by atoms with Gasteiger partial charge in [-0.3, -0.25) is 0 Å². The molecule has 0 bridgehead atoms. The van der Waals surface area contributed by atoms with Gasteiger partial charge in [-0.05, 0) is 24.6 Å². The van der Waals surface area contributed by atoms with Crippen molar-refractivity contribution < 1.29 is 9.50 Å². The molecule has 0 spiro atoms. The molecular weight excluding hydrogens is 237 g/mol. The van der Waals surface area contributed by atoms with Crippen molar-refractivity contribution in [1.82, 2.24) is 0 Å². The summed E-state index contributed by atoms with van der Waals surface area (Å²) in [5, 5.41) is 8.64. The molecule has 3 N–H and O–H groups in total. The summed E-state index contributed by atoms with van der Waals surface area (Å²) in [6, 6.07) is 4.17. The monoisotopic (exact) mass is 247 g/mol. The fourth-order valence-corrected chi connectivity index (χ4v) is 1.47. The Kier molecular flexibility index (Phi) is 3.84. The second-order valence-corrected chi connectivity index (χ2v) is 3.70. The second kappa shape index (κ2) is 4.69. The number of hydrogen-bond donors (Lipinski definition) is 2. The van der Waals surface area contributed by atoms with Crippen LogP contribution in [0.4, 0.5) is 4.39 Å². The number of halogens is 2. The van der Waals surface area contributed by atoms with Crippen LogP contribution in [0.5, 0.6) is 0 Å². The van der Waals surface area contributed by atoms with Crippen molar-refractivity contribution in [3.8, 4) is 0 Å². The highest BCUT2D eigenvalue weighted by Gasteiger charge is 2.10. The number of hydrogen-bond acceptors (Lipinski definition) is 2. The van der Waals surface area contributed by atoms with Gasteiger partial charge in [-0.15, -0.1) is 0 Å². The van der Waals surface area contributed by atoms with Gasteiger partial charge in [0.2, 0.25) is 0 Å². The molecule has 0 aromatic heterocycles. The summed E-state index contributed by atoms with van der Waals surface area (Å²) in [6.07, 6.45) is 0.368. The largest absolute Gasteiger partial charge is 0.396 e. The van der Waals surface area contributed by atoms with Gasteiger partial charge in [-0.1, -0.05) is 15.9 Å². The van der Waals surface area contributed by atoms with Gasteiger partial charge in [0.25, 0.3) is 0 Å². The predicted molar refractivity (Wildman–Crippen MR) is 52.7 cm³/mol. The van der Waals surface area contributed by atoms with Gasteiger partial charge in [0.15, 0.2) is 0 Å². The molecular formula is C9H11BrFNO. The van der Waals surface area contributed by atoms with Crippen LogP contribution in [0, 0.1) is 5.82 Å². The lowest BCUT2D eigenvalue weighted by molar-refractivity contribution is 0.275. The maximum absolute atomic E-state index is 13.2. The Hall–Kier alpha value is -0.450. The summed E-state index contributed by atoms with van der Waals surface area (Å²) in [7, 11) is 0. The number of benzene rings is 1. The van der Waals surface area contributed by atoms with Crippen molar-refractivity contribution in [3.05, 3.63) is 34.1 Å². The highest BCUT2D eigenvalue weighted by Crippen LogP contribution is 2.21. The molecule has 0 aliphatic rings. The van der Waals surface area contributed by atoms with E-state index in [2.05, 4.69) is 15.9 Å². The zero-order valence-electron chi connectivity index (χ0n) is 7.00. The van der Waals surface area contributed by atoms with E-state index in [0.717, 1.165) is 4.47 Å². The molecule has 0 fully saturated rings. The lowest BCUT2D eigenvalue weighted by Crippen LogP contribution is -2.13.